The van der Waals surface area contributed by atoms with Crippen molar-refractivity contribution in [1.29, 1.82) is 0 Å². The summed E-state index contributed by atoms with van der Waals surface area (Å²) >= 11 is 0. The molecule has 1 saturated heterocycles. The molecule has 0 spiro atoms. The maximum atomic E-state index is 14.0. The van der Waals surface area contributed by atoms with Crippen molar-refractivity contribution in [3.05, 3.63) is 107 Å². The Balaban J connectivity index is 1.21. The van der Waals surface area contributed by atoms with Crippen molar-refractivity contribution in [2.75, 3.05) is 23.7 Å². The molecule has 5 aromatic rings. The number of nitrogens with zero attached hydrogens (tertiary/aromatic N) is 2. The van der Waals surface area contributed by atoms with Crippen LogP contribution in [0, 0.1) is 12.8 Å². The number of piperidine rings is 1. The predicted octanol–water partition coefficient (Wildman–Crippen LogP) is 7.57. The zero-order chi connectivity index (χ0) is 30.8. The van der Waals surface area contributed by atoms with E-state index >= 15 is 0 Å². The number of H-pyrrole nitrogens is 1. The number of urea groups is 1. The van der Waals surface area contributed by atoms with Gasteiger partial charge in [-0.2, -0.15) is 5.10 Å². The third kappa shape index (κ3) is 6.31. The van der Waals surface area contributed by atoms with Gasteiger partial charge in [-0.15, -0.1) is 0 Å². The first-order chi connectivity index (χ1) is 21.2. The Hall–Kier alpha value is -4.69. The fourth-order valence-electron chi connectivity index (χ4n) is 5.97. The predicted molar refractivity (Wildman–Crippen MR) is 177 cm³/mol. The standard InChI is InChI=1S/C36H40N6O2/c1-23-5-13-29(14-6-23)42-32(22-31(41-42)36(2,3)4)40-35(44)39-28-11-9-25(10-12-28)33(26-15-18-37-19-16-26)34(43)27-8-7-24-17-20-38-30(24)21-27/h5-14,17,20-22,26,33,37-38H,15-16,18-19H2,1-4H3,(H2,39,40,44). The van der Waals surface area contributed by atoms with Gasteiger partial charge < -0.3 is 15.6 Å². The van der Waals surface area contributed by atoms with E-state index in [2.05, 4.69) is 41.7 Å². The summed E-state index contributed by atoms with van der Waals surface area (Å²) in [5.41, 5.74) is 6.00. The summed E-state index contributed by atoms with van der Waals surface area (Å²) in [5, 5.41) is 15.3. The van der Waals surface area contributed by atoms with E-state index in [0.29, 0.717) is 17.1 Å². The van der Waals surface area contributed by atoms with Crippen molar-refractivity contribution in [3.63, 3.8) is 0 Å². The van der Waals surface area contributed by atoms with Gasteiger partial charge in [0.15, 0.2) is 5.78 Å². The van der Waals surface area contributed by atoms with Crippen molar-refractivity contribution < 1.29 is 9.59 Å². The van der Waals surface area contributed by atoms with Gasteiger partial charge in [0.2, 0.25) is 0 Å². The number of amides is 2. The Labute approximate surface area is 258 Å². The van der Waals surface area contributed by atoms with Crippen LogP contribution in [0.15, 0.2) is 85.1 Å². The highest BCUT2D eigenvalue weighted by Crippen LogP contribution is 2.35. The molecule has 3 heterocycles. The summed E-state index contributed by atoms with van der Waals surface area (Å²) in [6, 6.07) is 25.2. The average Bonchev–Trinajstić information content (AvgIpc) is 3.66. The highest BCUT2D eigenvalue weighted by molar-refractivity contribution is 6.04. The van der Waals surface area contributed by atoms with Gasteiger partial charge in [0.05, 0.1) is 17.3 Å². The number of hydrogen-bond acceptors (Lipinski definition) is 4. The number of aryl methyl sites for hydroxylation is 1. The molecule has 1 unspecified atom stereocenters. The van der Waals surface area contributed by atoms with E-state index in [1.54, 1.807) is 4.68 Å². The van der Waals surface area contributed by atoms with Crippen LogP contribution in [0.5, 0.6) is 0 Å². The van der Waals surface area contributed by atoms with Crippen molar-refractivity contribution >= 4 is 34.2 Å². The molecule has 2 aromatic heterocycles. The van der Waals surface area contributed by atoms with E-state index < -0.39 is 0 Å². The molecule has 44 heavy (non-hydrogen) atoms. The largest absolute Gasteiger partial charge is 0.361 e. The maximum Gasteiger partial charge on any atom is 0.324 e. The van der Waals surface area contributed by atoms with Gasteiger partial charge in [-0.05, 0) is 86.1 Å². The van der Waals surface area contributed by atoms with Gasteiger partial charge in [-0.25, -0.2) is 9.48 Å². The molecule has 2 amide bonds. The normalized spacial score (nSPS) is 14.8. The second-order valence-electron chi connectivity index (χ2n) is 12.8. The van der Waals surface area contributed by atoms with Crippen LogP contribution < -0.4 is 16.0 Å². The second-order valence-corrected chi connectivity index (χ2v) is 12.8. The summed E-state index contributed by atoms with van der Waals surface area (Å²) in [7, 11) is 0. The quantitative estimate of drug-likeness (QED) is 0.147. The van der Waals surface area contributed by atoms with Gasteiger partial charge in [0.25, 0.3) is 0 Å². The number of hydrogen-bond donors (Lipinski definition) is 4. The molecule has 1 aliphatic heterocycles. The number of aromatic nitrogens is 3. The maximum absolute atomic E-state index is 14.0. The zero-order valence-corrected chi connectivity index (χ0v) is 25.8. The molecule has 8 nitrogen and oxygen atoms in total. The molecule has 1 fully saturated rings. The monoisotopic (exact) mass is 588 g/mol. The average molecular weight is 589 g/mol. The van der Waals surface area contributed by atoms with Crippen LogP contribution in [0.3, 0.4) is 0 Å². The smallest absolute Gasteiger partial charge is 0.324 e. The number of nitrogens with one attached hydrogen (secondary N) is 4. The fourth-order valence-corrected chi connectivity index (χ4v) is 5.97. The molecule has 4 N–H and O–H groups in total. The van der Waals surface area contributed by atoms with E-state index in [-0.39, 0.29) is 29.1 Å². The first-order valence-electron chi connectivity index (χ1n) is 15.3. The molecule has 6 rings (SSSR count). The van der Waals surface area contributed by atoms with Gasteiger partial charge in [-0.3, -0.25) is 10.1 Å². The van der Waals surface area contributed by atoms with Crippen LogP contribution in [0.1, 0.15) is 66.7 Å². The van der Waals surface area contributed by atoms with Crippen LogP contribution in [0.25, 0.3) is 16.6 Å². The lowest BCUT2D eigenvalue weighted by Gasteiger charge is -2.30. The minimum Gasteiger partial charge on any atom is -0.361 e. The molecule has 1 atom stereocenters. The number of carbonyl (C=O) groups excluding carboxylic acids is 2. The molecular formula is C36H40N6O2. The summed E-state index contributed by atoms with van der Waals surface area (Å²) in [6.07, 6.45) is 3.77. The lowest BCUT2D eigenvalue weighted by molar-refractivity contribution is 0.0916. The van der Waals surface area contributed by atoms with E-state index in [1.165, 1.54) is 0 Å². The molecule has 0 saturated carbocycles. The van der Waals surface area contributed by atoms with Crippen molar-refractivity contribution in [2.45, 2.75) is 51.9 Å². The van der Waals surface area contributed by atoms with Crippen molar-refractivity contribution in [3.8, 4) is 5.69 Å². The SMILES string of the molecule is Cc1ccc(-n2nc(C(C)(C)C)cc2NC(=O)Nc2ccc(C(C(=O)c3ccc4cc[nH]c4c3)C3CCNCC3)cc2)cc1. The van der Waals surface area contributed by atoms with Gasteiger partial charge in [0, 0.05) is 34.4 Å². The first kappa shape index (κ1) is 29.4. The van der Waals surface area contributed by atoms with Crippen molar-refractivity contribution in [2.24, 2.45) is 5.92 Å². The summed E-state index contributed by atoms with van der Waals surface area (Å²) in [5.74, 6) is 0.700. The van der Waals surface area contributed by atoms with Gasteiger partial charge in [-0.1, -0.05) is 62.7 Å². The van der Waals surface area contributed by atoms with E-state index in [1.807, 2.05) is 92.0 Å². The van der Waals surface area contributed by atoms with Crippen LogP contribution >= 0.6 is 0 Å². The van der Waals surface area contributed by atoms with Crippen LogP contribution in [0.4, 0.5) is 16.3 Å². The lowest BCUT2D eigenvalue weighted by Crippen LogP contribution is -2.33. The number of aromatic amines is 1. The number of fused-ring (bicyclic) bond motifs is 1. The Bertz CT molecular complexity index is 1770. The number of rotatable bonds is 7. The number of benzene rings is 3. The molecule has 0 bridgehead atoms. The molecule has 0 radical (unpaired) electrons. The summed E-state index contributed by atoms with van der Waals surface area (Å²) < 4.78 is 1.77. The number of ketones is 1. The highest BCUT2D eigenvalue weighted by atomic mass is 16.2. The van der Waals surface area contributed by atoms with Crippen molar-refractivity contribution in [1.82, 2.24) is 20.1 Å². The van der Waals surface area contributed by atoms with Gasteiger partial charge >= 0.3 is 6.03 Å². The fraction of sp³-hybridized carbons (Fsp3) is 0.306. The Morgan fingerprint density at radius 1 is 0.909 bits per heavy atom. The Kier molecular flexibility index (Phi) is 8.10. The Morgan fingerprint density at radius 3 is 2.34 bits per heavy atom. The van der Waals surface area contributed by atoms with E-state index in [9.17, 15) is 9.59 Å². The number of Topliss-reactive ketones (excluding diaryl/α,β-unsaturated/α-hetero) is 1. The van der Waals surface area contributed by atoms with Gasteiger partial charge in [0.1, 0.15) is 5.82 Å². The molecule has 1 aliphatic rings. The molecular weight excluding hydrogens is 548 g/mol. The topological polar surface area (TPSA) is 104 Å². The van der Waals surface area contributed by atoms with E-state index in [0.717, 1.165) is 59.3 Å². The minimum absolute atomic E-state index is 0.130. The lowest BCUT2D eigenvalue weighted by atomic mass is 9.76. The zero-order valence-electron chi connectivity index (χ0n) is 25.8. The molecule has 3 aromatic carbocycles. The Morgan fingerprint density at radius 2 is 1.64 bits per heavy atom. The van der Waals surface area contributed by atoms with Crippen LogP contribution in [-0.2, 0) is 5.41 Å². The van der Waals surface area contributed by atoms with Crippen LogP contribution in [0.2, 0.25) is 0 Å². The first-order valence-corrected chi connectivity index (χ1v) is 15.3. The third-order valence-corrected chi connectivity index (χ3v) is 8.50. The highest BCUT2D eigenvalue weighted by Gasteiger charge is 2.32. The molecule has 0 aliphatic carbocycles. The number of anilines is 2. The van der Waals surface area contributed by atoms with E-state index in [4.69, 9.17) is 5.10 Å². The minimum atomic E-state index is -0.364. The summed E-state index contributed by atoms with van der Waals surface area (Å²) in [4.78, 5) is 30.4. The number of carbonyl (C=O) groups is 2. The summed E-state index contributed by atoms with van der Waals surface area (Å²) in [6.45, 7) is 10.1. The second kappa shape index (κ2) is 12.1. The molecule has 8 heteroatoms. The van der Waals surface area contributed by atoms with Crippen LogP contribution in [-0.4, -0.2) is 39.7 Å². The third-order valence-electron chi connectivity index (χ3n) is 8.50. The molecule has 226 valence electrons.